The summed E-state index contributed by atoms with van der Waals surface area (Å²) in [4.78, 5) is 10.5. The van der Waals surface area contributed by atoms with Gasteiger partial charge in [-0.05, 0) is 28.1 Å². The van der Waals surface area contributed by atoms with Crippen molar-refractivity contribution in [3.8, 4) is 5.75 Å². The number of carbonyl (C=O) groups is 1. The van der Waals surface area contributed by atoms with Crippen LogP contribution >= 0.6 is 15.9 Å². The fraction of sp³-hybridized carbons (Fsp3) is 0.125. The van der Waals surface area contributed by atoms with Crippen molar-refractivity contribution >= 4 is 21.9 Å². The van der Waals surface area contributed by atoms with Crippen LogP contribution in [-0.4, -0.2) is 16.2 Å². The highest BCUT2D eigenvalue weighted by Crippen LogP contribution is 2.32. The third-order valence-electron chi connectivity index (χ3n) is 1.69. The molecule has 0 spiro atoms. The van der Waals surface area contributed by atoms with Crippen molar-refractivity contribution in [2.75, 3.05) is 0 Å². The Bertz CT molecular complexity index is 383. The number of aromatic hydroxyl groups is 1. The zero-order valence-electron chi connectivity index (χ0n) is 6.87. The molecule has 0 saturated carbocycles. The highest BCUT2D eigenvalue weighted by Gasteiger charge is 2.22. The minimum Gasteiger partial charge on any atom is -0.508 e. The summed E-state index contributed by atoms with van der Waals surface area (Å²) >= 11 is 2.82. The van der Waals surface area contributed by atoms with Gasteiger partial charge < -0.3 is 15.9 Å². The minimum atomic E-state index is -1.46. The van der Waals surface area contributed by atoms with Gasteiger partial charge in [0.2, 0.25) is 0 Å². The van der Waals surface area contributed by atoms with Crippen molar-refractivity contribution in [3.63, 3.8) is 0 Å². The molecule has 0 bridgehead atoms. The van der Waals surface area contributed by atoms with E-state index in [-0.39, 0.29) is 15.8 Å². The topological polar surface area (TPSA) is 83.6 Å². The lowest BCUT2D eigenvalue weighted by Gasteiger charge is -2.11. The molecule has 0 aromatic heterocycles. The zero-order valence-corrected chi connectivity index (χ0v) is 8.45. The fourth-order valence-corrected chi connectivity index (χ4v) is 1.56. The monoisotopic (exact) mass is 263 g/mol. The summed E-state index contributed by atoms with van der Waals surface area (Å²) in [7, 11) is 0. The summed E-state index contributed by atoms with van der Waals surface area (Å²) < 4.78 is 12.8. The number of carboxylic acids is 1. The maximum Gasteiger partial charge on any atom is 0.325 e. The average Bonchev–Trinajstić information content (AvgIpc) is 2.12. The quantitative estimate of drug-likeness (QED) is 0.753. The molecule has 1 unspecified atom stereocenters. The van der Waals surface area contributed by atoms with Crippen LogP contribution in [0.25, 0.3) is 0 Å². The number of rotatable bonds is 2. The van der Waals surface area contributed by atoms with Crippen molar-refractivity contribution in [3.05, 3.63) is 28.0 Å². The van der Waals surface area contributed by atoms with E-state index >= 15 is 0 Å². The predicted molar refractivity (Wildman–Crippen MR) is 50.3 cm³/mol. The molecule has 1 aromatic carbocycles. The highest BCUT2D eigenvalue weighted by atomic mass is 79.9. The maximum absolute atomic E-state index is 13.0. The van der Waals surface area contributed by atoms with Crippen LogP contribution in [0.1, 0.15) is 11.6 Å². The molecule has 0 fully saturated rings. The number of hydrogen-bond acceptors (Lipinski definition) is 3. The molecule has 0 aliphatic heterocycles. The zero-order chi connectivity index (χ0) is 10.9. The number of benzene rings is 1. The third-order valence-corrected chi connectivity index (χ3v) is 2.49. The van der Waals surface area contributed by atoms with Crippen molar-refractivity contribution in [2.45, 2.75) is 6.04 Å². The van der Waals surface area contributed by atoms with Crippen molar-refractivity contribution in [1.29, 1.82) is 0 Å². The molecule has 1 rings (SSSR count). The smallest absolute Gasteiger partial charge is 0.325 e. The molecule has 14 heavy (non-hydrogen) atoms. The molecular weight excluding hydrogens is 257 g/mol. The van der Waals surface area contributed by atoms with E-state index in [1.807, 2.05) is 0 Å². The number of phenolic OH excluding ortho intramolecular Hbond substituents is 1. The highest BCUT2D eigenvalue weighted by molar-refractivity contribution is 9.10. The molecule has 6 heteroatoms. The van der Waals surface area contributed by atoms with E-state index in [0.29, 0.717) is 0 Å². The maximum atomic E-state index is 13.0. The normalized spacial score (nSPS) is 12.5. The van der Waals surface area contributed by atoms with Crippen LogP contribution in [0, 0.1) is 5.82 Å². The van der Waals surface area contributed by atoms with Crippen LogP contribution in [0.2, 0.25) is 0 Å². The van der Waals surface area contributed by atoms with Gasteiger partial charge in [0.05, 0.1) is 4.47 Å². The molecule has 1 atom stereocenters. The van der Waals surface area contributed by atoms with Crippen LogP contribution in [0.4, 0.5) is 4.39 Å². The summed E-state index contributed by atoms with van der Waals surface area (Å²) in [5.74, 6) is -2.37. The van der Waals surface area contributed by atoms with E-state index < -0.39 is 17.8 Å². The number of hydrogen-bond donors (Lipinski definition) is 3. The first-order valence-corrected chi connectivity index (χ1v) is 4.39. The molecule has 0 heterocycles. The van der Waals surface area contributed by atoms with Crippen LogP contribution in [0.15, 0.2) is 16.6 Å². The minimum absolute atomic E-state index is 0.132. The largest absolute Gasteiger partial charge is 0.508 e. The number of carboxylic acid groups (broad SMARTS) is 1. The van der Waals surface area contributed by atoms with E-state index in [2.05, 4.69) is 15.9 Å². The van der Waals surface area contributed by atoms with Gasteiger partial charge in [-0.1, -0.05) is 0 Å². The number of phenols is 1. The first-order chi connectivity index (χ1) is 6.45. The second kappa shape index (κ2) is 3.93. The lowest BCUT2D eigenvalue weighted by molar-refractivity contribution is -0.138. The molecular formula is C8H7BrFNO3. The number of halogens is 2. The van der Waals surface area contributed by atoms with Crippen LogP contribution in [0.5, 0.6) is 5.75 Å². The van der Waals surface area contributed by atoms with Gasteiger partial charge in [0.25, 0.3) is 0 Å². The summed E-state index contributed by atoms with van der Waals surface area (Å²) in [6.45, 7) is 0. The van der Waals surface area contributed by atoms with Gasteiger partial charge in [0, 0.05) is 5.56 Å². The molecule has 4 N–H and O–H groups in total. The molecule has 0 aliphatic rings. The Morgan fingerprint density at radius 1 is 1.57 bits per heavy atom. The van der Waals surface area contributed by atoms with Crippen LogP contribution in [0.3, 0.4) is 0 Å². The Kier molecular flexibility index (Phi) is 3.07. The van der Waals surface area contributed by atoms with Crippen molar-refractivity contribution in [2.24, 2.45) is 5.73 Å². The average molecular weight is 264 g/mol. The number of nitrogens with two attached hydrogens (primary N) is 1. The van der Waals surface area contributed by atoms with Crippen LogP contribution in [-0.2, 0) is 4.79 Å². The Morgan fingerprint density at radius 2 is 2.14 bits per heavy atom. The molecule has 0 amide bonds. The Labute approximate surface area is 87.3 Å². The van der Waals surface area contributed by atoms with Gasteiger partial charge in [0.15, 0.2) is 0 Å². The van der Waals surface area contributed by atoms with E-state index in [4.69, 9.17) is 10.8 Å². The number of aliphatic carboxylic acids is 1. The van der Waals surface area contributed by atoms with E-state index in [0.717, 1.165) is 12.1 Å². The molecule has 4 nitrogen and oxygen atoms in total. The van der Waals surface area contributed by atoms with E-state index in [1.165, 1.54) is 0 Å². The standard InChI is InChI=1S/C8H7BrFNO3/c9-6-3(10)1-2-4(12)5(6)7(11)8(13)14/h1-2,7,12H,11H2,(H,13,14). The van der Waals surface area contributed by atoms with E-state index in [9.17, 15) is 14.3 Å². The van der Waals surface area contributed by atoms with Gasteiger partial charge in [0.1, 0.15) is 17.6 Å². The SMILES string of the molecule is NC(C(=O)O)c1c(O)ccc(F)c1Br. The van der Waals surface area contributed by atoms with Crippen molar-refractivity contribution < 1.29 is 19.4 Å². The summed E-state index contributed by atoms with van der Waals surface area (Å²) in [6.07, 6.45) is 0. The van der Waals surface area contributed by atoms with Gasteiger partial charge >= 0.3 is 5.97 Å². The first kappa shape index (κ1) is 10.9. The molecule has 1 aromatic rings. The second-order valence-electron chi connectivity index (χ2n) is 2.61. The first-order valence-electron chi connectivity index (χ1n) is 3.60. The fourth-order valence-electron chi connectivity index (χ4n) is 0.975. The summed E-state index contributed by atoms with van der Waals surface area (Å²) in [5, 5.41) is 17.9. The van der Waals surface area contributed by atoms with Gasteiger partial charge in [-0.3, -0.25) is 4.79 Å². The van der Waals surface area contributed by atoms with Crippen molar-refractivity contribution in [1.82, 2.24) is 0 Å². The lowest BCUT2D eigenvalue weighted by Crippen LogP contribution is -2.21. The summed E-state index contributed by atoms with van der Waals surface area (Å²) in [6, 6.07) is 0.607. The third kappa shape index (κ3) is 1.85. The van der Waals surface area contributed by atoms with Gasteiger partial charge in [-0.25, -0.2) is 4.39 Å². The van der Waals surface area contributed by atoms with Gasteiger partial charge in [-0.2, -0.15) is 0 Å². The molecule has 0 saturated heterocycles. The Morgan fingerprint density at radius 3 is 2.64 bits per heavy atom. The summed E-state index contributed by atoms with van der Waals surface area (Å²) in [5.41, 5.74) is 5.08. The van der Waals surface area contributed by atoms with Crippen LogP contribution < -0.4 is 5.73 Å². The Balaban J connectivity index is 3.32. The molecule has 76 valence electrons. The van der Waals surface area contributed by atoms with E-state index in [1.54, 1.807) is 0 Å². The molecule has 0 aliphatic carbocycles. The van der Waals surface area contributed by atoms with Gasteiger partial charge in [-0.15, -0.1) is 0 Å². The second-order valence-corrected chi connectivity index (χ2v) is 3.40. The predicted octanol–water partition coefficient (Wildman–Crippen LogP) is 1.38. The lowest BCUT2D eigenvalue weighted by atomic mass is 10.1. The molecule has 0 radical (unpaired) electrons. The Hall–Kier alpha value is -1.14.